The van der Waals surface area contributed by atoms with Crippen LogP contribution < -0.4 is 5.43 Å². The van der Waals surface area contributed by atoms with Gasteiger partial charge >= 0.3 is 0 Å². The molecule has 4 nitrogen and oxygen atoms in total. The Morgan fingerprint density at radius 2 is 2.20 bits per heavy atom. The molecule has 4 heteroatoms. The van der Waals surface area contributed by atoms with Gasteiger partial charge in [0.1, 0.15) is 12.4 Å². The third-order valence-electron chi connectivity index (χ3n) is 1.70. The van der Waals surface area contributed by atoms with Gasteiger partial charge in [0, 0.05) is 13.6 Å². The maximum absolute atomic E-state index is 9.49. The van der Waals surface area contributed by atoms with Gasteiger partial charge in [0.15, 0.2) is 0 Å². The lowest BCUT2D eigenvalue weighted by Gasteiger charge is -2.21. The van der Waals surface area contributed by atoms with E-state index in [0.717, 1.165) is 6.54 Å². The Kier molecular flexibility index (Phi) is 6.05. The predicted molar refractivity (Wildman–Crippen MR) is 62.0 cm³/mol. The van der Waals surface area contributed by atoms with E-state index >= 15 is 0 Å². The van der Waals surface area contributed by atoms with Crippen molar-refractivity contribution in [2.45, 2.75) is 26.4 Å². The molecule has 0 unspecified atom stereocenters. The number of nitrogens with one attached hydrogen (secondary N) is 1. The van der Waals surface area contributed by atoms with Gasteiger partial charge in [-0.2, -0.15) is 0 Å². The van der Waals surface area contributed by atoms with E-state index in [4.69, 9.17) is 4.74 Å². The molecule has 15 heavy (non-hydrogen) atoms. The molecule has 0 spiro atoms. The molecule has 0 aliphatic rings. The highest BCUT2D eigenvalue weighted by molar-refractivity contribution is 5.07. The summed E-state index contributed by atoms with van der Waals surface area (Å²) >= 11 is 0. The van der Waals surface area contributed by atoms with Crippen molar-refractivity contribution in [2.24, 2.45) is 0 Å². The molecule has 88 valence electrons. The van der Waals surface area contributed by atoms with Crippen LogP contribution in [0.4, 0.5) is 0 Å². The van der Waals surface area contributed by atoms with E-state index in [2.05, 4.69) is 12.0 Å². The minimum absolute atomic E-state index is 0.242. The second-order valence-corrected chi connectivity index (χ2v) is 3.85. The van der Waals surface area contributed by atoms with Crippen LogP contribution in [0.1, 0.15) is 20.8 Å². The first-order valence-corrected chi connectivity index (χ1v) is 5.06. The molecule has 0 fully saturated rings. The Morgan fingerprint density at radius 1 is 1.60 bits per heavy atom. The summed E-state index contributed by atoms with van der Waals surface area (Å²) in [6, 6.07) is 0. The van der Waals surface area contributed by atoms with Gasteiger partial charge in [0.25, 0.3) is 0 Å². The molecule has 0 heterocycles. The van der Waals surface area contributed by atoms with Gasteiger partial charge in [-0.05, 0) is 26.8 Å². The van der Waals surface area contributed by atoms with Gasteiger partial charge in [0.05, 0.1) is 11.8 Å². The van der Waals surface area contributed by atoms with E-state index in [1.54, 1.807) is 26.1 Å². The maximum atomic E-state index is 9.49. The van der Waals surface area contributed by atoms with E-state index in [9.17, 15) is 5.11 Å². The summed E-state index contributed by atoms with van der Waals surface area (Å²) in [5.41, 5.74) is 2.15. The van der Waals surface area contributed by atoms with Crippen molar-refractivity contribution in [2.75, 3.05) is 20.2 Å². The Labute approximate surface area is 92.2 Å². The minimum Gasteiger partial charge on any atom is -0.489 e. The number of allylic oxidation sites excluding steroid dienone is 1. The first-order chi connectivity index (χ1) is 6.92. The van der Waals surface area contributed by atoms with Crippen LogP contribution in [0.2, 0.25) is 0 Å². The number of ether oxygens (including phenoxy) is 1. The zero-order valence-corrected chi connectivity index (χ0v) is 10.1. The quantitative estimate of drug-likeness (QED) is 0.380. The third-order valence-corrected chi connectivity index (χ3v) is 1.70. The van der Waals surface area contributed by atoms with Crippen molar-refractivity contribution in [3.63, 3.8) is 0 Å². The fourth-order valence-corrected chi connectivity index (χ4v) is 0.876. The van der Waals surface area contributed by atoms with Gasteiger partial charge in [-0.3, -0.25) is 0 Å². The van der Waals surface area contributed by atoms with E-state index in [1.165, 1.54) is 0 Å². The summed E-state index contributed by atoms with van der Waals surface area (Å²) in [5, 5.41) is 11.4. The SMILES string of the molecule is C=C/C(=C\N(CC)NC)OCC(C)(C)O. The van der Waals surface area contributed by atoms with Crippen LogP contribution in [-0.4, -0.2) is 35.9 Å². The molecule has 0 rings (SSSR count). The number of aliphatic hydroxyl groups is 1. The van der Waals surface area contributed by atoms with Crippen LogP contribution >= 0.6 is 0 Å². The van der Waals surface area contributed by atoms with Crippen LogP contribution in [0.25, 0.3) is 0 Å². The van der Waals surface area contributed by atoms with E-state index in [-0.39, 0.29) is 6.61 Å². The molecule has 0 aromatic carbocycles. The van der Waals surface area contributed by atoms with Gasteiger partial charge in [-0.15, -0.1) is 0 Å². The lowest BCUT2D eigenvalue weighted by molar-refractivity contribution is 0.00455. The van der Waals surface area contributed by atoms with Gasteiger partial charge in [-0.1, -0.05) is 6.58 Å². The normalized spacial score (nSPS) is 12.5. The summed E-state index contributed by atoms with van der Waals surface area (Å²) in [4.78, 5) is 0. The Hall–Kier alpha value is -1.00. The maximum Gasteiger partial charge on any atom is 0.136 e. The number of hydrogen-bond acceptors (Lipinski definition) is 4. The fraction of sp³-hybridized carbons (Fsp3) is 0.636. The highest BCUT2D eigenvalue weighted by Crippen LogP contribution is 2.07. The molecular weight excluding hydrogens is 192 g/mol. The summed E-state index contributed by atoms with van der Waals surface area (Å²) < 4.78 is 5.40. The van der Waals surface area contributed by atoms with Crippen LogP contribution in [0.3, 0.4) is 0 Å². The summed E-state index contributed by atoms with van der Waals surface area (Å²) in [6.07, 6.45) is 3.42. The largest absolute Gasteiger partial charge is 0.489 e. The molecule has 0 saturated heterocycles. The topological polar surface area (TPSA) is 44.7 Å². The van der Waals surface area contributed by atoms with Gasteiger partial charge in [-0.25, -0.2) is 5.43 Å². The van der Waals surface area contributed by atoms with Gasteiger partial charge < -0.3 is 14.9 Å². The second kappa shape index (κ2) is 6.48. The number of hydrogen-bond donors (Lipinski definition) is 2. The van der Waals surface area contributed by atoms with Crippen molar-refractivity contribution >= 4 is 0 Å². The first-order valence-electron chi connectivity index (χ1n) is 5.06. The Morgan fingerprint density at radius 3 is 2.53 bits per heavy atom. The molecule has 2 N–H and O–H groups in total. The fourth-order valence-electron chi connectivity index (χ4n) is 0.876. The average molecular weight is 214 g/mol. The van der Waals surface area contributed by atoms with Crippen molar-refractivity contribution in [1.82, 2.24) is 10.4 Å². The Balaban J connectivity index is 4.29. The number of rotatable bonds is 7. The Bertz CT molecular complexity index is 215. The lowest BCUT2D eigenvalue weighted by atomic mass is 10.2. The standard InChI is InChI=1S/C11H22N2O2/c1-6-10(8-13(7-2)12-5)15-9-11(3,4)14/h6,8,12,14H,1,7,9H2,2-5H3/b10-8+. The smallest absolute Gasteiger partial charge is 0.136 e. The van der Waals surface area contributed by atoms with E-state index < -0.39 is 5.60 Å². The molecule has 0 amide bonds. The van der Waals surface area contributed by atoms with Crippen molar-refractivity contribution < 1.29 is 9.84 Å². The summed E-state index contributed by atoms with van der Waals surface area (Å²) in [6.45, 7) is 10.1. The number of hydrazine groups is 1. The highest BCUT2D eigenvalue weighted by Gasteiger charge is 2.13. The monoisotopic (exact) mass is 214 g/mol. The molecule has 0 aromatic rings. The van der Waals surface area contributed by atoms with Crippen LogP contribution in [0.5, 0.6) is 0 Å². The van der Waals surface area contributed by atoms with Crippen molar-refractivity contribution in [3.8, 4) is 0 Å². The summed E-state index contributed by atoms with van der Waals surface area (Å²) in [7, 11) is 1.83. The highest BCUT2D eigenvalue weighted by atomic mass is 16.5. The lowest BCUT2D eigenvalue weighted by Crippen LogP contribution is -2.30. The second-order valence-electron chi connectivity index (χ2n) is 3.85. The molecule has 0 aliphatic heterocycles. The molecular formula is C11H22N2O2. The summed E-state index contributed by atoms with van der Waals surface area (Å²) in [5.74, 6) is 0.633. The molecule has 0 bridgehead atoms. The molecule has 0 radical (unpaired) electrons. The zero-order chi connectivity index (χ0) is 11.9. The van der Waals surface area contributed by atoms with E-state index in [0.29, 0.717) is 5.76 Å². The van der Waals surface area contributed by atoms with Crippen LogP contribution in [-0.2, 0) is 4.74 Å². The zero-order valence-electron chi connectivity index (χ0n) is 10.1. The molecule has 0 aliphatic carbocycles. The van der Waals surface area contributed by atoms with Crippen LogP contribution in [0, 0.1) is 0 Å². The third kappa shape index (κ3) is 6.99. The molecule has 0 atom stereocenters. The predicted octanol–water partition coefficient (Wildman–Crippen LogP) is 1.26. The number of nitrogens with zero attached hydrogens (tertiary/aromatic N) is 1. The van der Waals surface area contributed by atoms with Crippen molar-refractivity contribution in [3.05, 3.63) is 24.6 Å². The van der Waals surface area contributed by atoms with Crippen LogP contribution in [0.15, 0.2) is 24.6 Å². The molecule has 0 saturated carbocycles. The average Bonchev–Trinajstić information content (AvgIpc) is 2.17. The van der Waals surface area contributed by atoms with E-state index in [1.807, 2.05) is 19.0 Å². The first kappa shape index (κ1) is 14.0. The van der Waals surface area contributed by atoms with Crippen molar-refractivity contribution in [1.29, 1.82) is 0 Å². The van der Waals surface area contributed by atoms with Gasteiger partial charge in [0.2, 0.25) is 0 Å². The molecule has 0 aromatic heterocycles. The minimum atomic E-state index is -0.835.